The predicted octanol–water partition coefficient (Wildman–Crippen LogP) is 2.76. The molecule has 0 aliphatic rings. The number of rotatable bonds is 9. The Bertz CT molecular complexity index is 1220. The normalized spacial score (nSPS) is 11.7. The molecule has 0 saturated carbocycles. The molecule has 0 aliphatic heterocycles. The van der Waals surface area contributed by atoms with Gasteiger partial charge in [0.2, 0.25) is 5.95 Å². The van der Waals surface area contributed by atoms with E-state index in [1.165, 1.54) is 0 Å². The van der Waals surface area contributed by atoms with E-state index < -0.39 is 11.0 Å². The third-order valence-electron chi connectivity index (χ3n) is 4.79. The van der Waals surface area contributed by atoms with Gasteiger partial charge in [0.05, 0.1) is 25.6 Å². The molecule has 0 amide bonds. The number of nitrogens with zero attached hydrogens (tertiary/aromatic N) is 6. The van der Waals surface area contributed by atoms with Crippen molar-refractivity contribution >= 4 is 16.9 Å². The Morgan fingerprint density at radius 2 is 1.79 bits per heavy atom. The van der Waals surface area contributed by atoms with Crippen molar-refractivity contribution in [3.05, 3.63) is 66.5 Å². The molecular formula is C22H23N7O3S. The molecule has 1 atom stereocenters. The van der Waals surface area contributed by atoms with E-state index in [1.807, 2.05) is 37.3 Å². The van der Waals surface area contributed by atoms with Gasteiger partial charge in [-0.15, -0.1) is 10.2 Å². The summed E-state index contributed by atoms with van der Waals surface area (Å²) in [5.74, 6) is 2.18. The summed E-state index contributed by atoms with van der Waals surface area (Å²) < 4.78 is 28.7. The van der Waals surface area contributed by atoms with Crippen molar-refractivity contribution in [2.75, 3.05) is 24.7 Å². The van der Waals surface area contributed by atoms with Crippen LogP contribution in [0.4, 0.5) is 5.95 Å². The highest BCUT2D eigenvalue weighted by atomic mass is 32.2. The number of aromatic nitrogens is 6. The van der Waals surface area contributed by atoms with Gasteiger partial charge in [0.25, 0.3) is 0 Å². The number of ether oxygens (including phenoxy) is 2. The van der Waals surface area contributed by atoms with E-state index in [0.717, 1.165) is 17.0 Å². The Kier molecular flexibility index (Phi) is 6.89. The third-order valence-corrected chi connectivity index (χ3v) is 5.78. The molecule has 0 spiro atoms. The van der Waals surface area contributed by atoms with E-state index >= 15 is 0 Å². The van der Waals surface area contributed by atoms with Crippen molar-refractivity contribution in [2.24, 2.45) is 0 Å². The molecule has 0 aliphatic carbocycles. The molecule has 1 aromatic carbocycles. The van der Waals surface area contributed by atoms with E-state index in [2.05, 4.69) is 29.9 Å². The Morgan fingerprint density at radius 3 is 2.42 bits per heavy atom. The van der Waals surface area contributed by atoms with Crippen LogP contribution in [0, 0.1) is 6.92 Å². The van der Waals surface area contributed by atoms with Crippen molar-refractivity contribution in [1.29, 1.82) is 0 Å². The summed E-state index contributed by atoms with van der Waals surface area (Å²) in [4.78, 5) is 12.7. The number of pyridine rings is 1. The van der Waals surface area contributed by atoms with Gasteiger partial charge in [-0.3, -0.25) is 24.2 Å². The summed E-state index contributed by atoms with van der Waals surface area (Å²) in [5.41, 5.74) is 2.90. The minimum atomic E-state index is -1.46. The minimum Gasteiger partial charge on any atom is -0.494 e. The topological polar surface area (TPSA) is 117 Å². The first-order valence-electron chi connectivity index (χ1n) is 10.1. The van der Waals surface area contributed by atoms with Gasteiger partial charge in [-0.1, -0.05) is 6.07 Å². The van der Waals surface area contributed by atoms with Gasteiger partial charge in [-0.2, -0.15) is 0 Å². The summed E-state index contributed by atoms with van der Waals surface area (Å²) in [5, 5.41) is 8.61. The van der Waals surface area contributed by atoms with Crippen LogP contribution in [0.5, 0.6) is 11.5 Å². The highest BCUT2D eigenvalue weighted by Crippen LogP contribution is 2.37. The second-order valence-electron chi connectivity index (χ2n) is 6.99. The molecular weight excluding hydrogens is 442 g/mol. The van der Waals surface area contributed by atoms with Gasteiger partial charge >= 0.3 is 0 Å². The average Bonchev–Trinajstić information content (AvgIpc) is 3.26. The molecule has 0 saturated heterocycles. The zero-order valence-corrected chi connectivity index (χ0v) is 19.2. The molecule has 170 valence electrons. The molecule has 33 heavy (non-hydrogen) atoms. The summed E-state index contributed by atoms with van der Waals surface area (Å²) in [6, 6.07) is 9.11. The van der Waals surface area contributed by atoms with Gasteiger partial charge in [0.1, 0.15) is 28.2 Å². The quantitative estimate of drug-likeness (QED) is 0.401. The number of hydrogen-bond donors (Lipinski definition) is 1. The monoisotopic (exact) mass is 465 g/mol. The Balaban J connectivity index is 1.70. The summed E-state index contributed by atoms with van der Waals surface area (Å²) in [6.07, 6.45) is 7.23. The Hall–Kier alpha value is -3.86. The van der Waals surface area contributed by atoms with E-state index in [9.17, 15) is 4.21 Å². The van der Waals surface area contributed by atoms with Gasteiger partial charge < -0.3 is 9.47 Å². The fourth-order valence-corrected chi connectivity index (χ4v) is 4.03. The van der Waals surface area contributed by atoms with Crippen LogP contribution in [-0.4, -0.2) is 53.9 Å². The smallest absolute Gasteiger partial charge is 0.241 e. The highest BCUT2D eigenvalue weighted by Gasteiger charge is 2.23. The van der Waals surface area contributed by atoms with Crippen LogP contribution in [0.2, 0.25) is 0 Å². The molecule has 4 rings (SSSR count). The van der Waals surface area contributed by atoms with Gasteiger partial charge in [0.15, 0.2) is 5.82 Å². The van der Waals surface area contributed by atoms with Crippen molar-refractivity contribution in [3.63, 3.8) is 0 Å². The summed E-state index contributed by atoms with van der Waals surface area (Å²) in [7, 11) is 1.68. The van der Waals surface area contributed by atoms with Gasteiger partial charge in [-0.25, -0.2) is 4.21 Å². The lowest BCUT2D eigenvalue weighted by molar-refractivity contribution is 0.391. The van der Waals surface area contributed by atoms with Crippen molar-refractivity contribution < 1.29 is 13.7 Å². The molecule has 0 fully saturated rings. The van der Waals surface area contributed by atoms with Crippen molar-refractivity contribution in [3.8, 4) is 28.6 Å². The second-order valence-corrected chi connectivity index (χ2v) is 8.29. The Labute approximate surface area is 193 Å². The number of hydrogen-bond acceptors (Lipinski definition) is 8. The van der Waals surface area contributed by atoms with Crippen LogP contribution in [0.3, 0.4) is 0 Å². The Morgan fingerprint density at radius 1 is 1.00 bits per heavy atom. The molecule has 0 bridgehead atoms. The number of para-hydroxylation sites is 1. The van der Waals surface area contributed by atoms with Crippen LogP contribution >= 0.6 is 0 Å². The van der Waals surface area contributed by atoms with Gasteiger partial charge in [-0.05, 0) is 31.2 Å². The van der Waals surface area contributed by atoms with Crippen LogP contribution in [0.15, 0.2) is 55.1 Å². The van der Waals surface area contributed by atoms with Crippen molar-refractivity contribution in [1.82, 2.24) is 29.7 Å². The lowest BCUT2D eigenvalue weighted by Gasteiger charge is -2.17. The van der Waals surface area contributed by atoms with Gasteiger partial charge in [0, 0.05) is 42.5 Å². The summed E-state index contributed by atoms with van der Waals surface area (Å²) in [6.45, 7) is 1.87. The zero-order valence-electron chi connectivity index (χ0n) is 18.4. The fourth-order valence-electron chi connectivity index (χ4n) is 3.19. The molecule has 0 radical (unpaired) electrons. The molecule has 4 aromatic rings. The minimum absolute atomic E-state index is 0.282. The standard InChI is InChI=1S/C22H23N7O3S/c1-15-12-25-17(14-24-15)9-11-33(30)28-22-27-26-21(16-6-5-10-23-13-16)29(22)20-18(31-2)7-4-8-19(20)32-3/h4-8,10,12-14H,9,11H2,1-3H3,(H,27,28). The maximum absolute atomic E-state index is 12.9. The fraction of sp³-hybridized carbons (Fsp3) is 0.227. The van der Waals surface area contributed by atoms with Crippen molar-refractivity contribution in [2.45, 2.75) is 13.3 Å². The number of nitrogens with one attached hydrogen (secondary N) is 1. The first-order chi connectivity index (χ1) is 16.1. The molecule has 10 nitrogen and oxygen atoms in total. The van der Waals surface area contributed by atoms with Crippen LogP contribution in [0.25, 0.3) is 17.1 Å². The predicted molar refractivity (Wildman–Crippen MR) is 125 cm³/mol. The number of aryl methyl sites for hydroxylation is 2. The lowest BCUT2D eigenvalue weighted by Crippen LogP contribution is -2.15. The second kappa shape index (κ2) is 10.2. The highest BCUT2D eigenvalue weighted by molar-refractivity contribution is 7.86. The van der Waals surface area contributed by atoms with Crippen LogP contribution in [0.1, 0.15) is 11.4 Å². The first-order valence-corrected chi connectivity index (χ1v) is 11.4. The van der Waals surface area contributed by atoms with E-state index in [0.29, 0.717) is 35.2 Å². The molecule has 3 heterocycles. The molecule has 11 heteroatoms. The largest absolute Gasteiger partial charge is 0.494 e. The van der Waals surface area contributed by atoms with E-state index in [1.54, 1.807) is 43.6 Å². The number of benzene rings is 1. The number of methoxy groups -OCH3 is 2. The van der Waals surface area contributed by atoms with E-state index in [4.69, 9.17) is 9.47 Å². The molecule has 1 unspecified atom stereocenters. The molecule has 3 aromatic heterocycles. The summed E-state index contributed by atoms with van der Waals surface area (Å²) >= 11 is 0. The maximum atomic E-state index is 12.9. The van der Waals surface area contributed by atoms with Crippen LogP contribution in [-0.2, 0) is 17.4 Å². The lowest BCUT2D eigenvalue weighted by atomic mass is 10.2. The average molecular weight is 466 g/mol. The molecule has 1 N–H and O–H groups in total. The third kappa shape index (κ3) is 4.98. The first kappa shape index (κ1) is 22.3. The van der Waals surface area contributed by atoms with Crippen LogP contribution < -0.4 is 14.2 Å². The number of anilines is 1. The zero-order chi connectivity index (χ0) is 23.2. The van der Waals surface area contributed by atoms with E-state index in [-0.39, 0.29) is 5.95 Å². The maximum Gasteiger partial charge on any atom is 0.241 e. The SMILES string of the molecule is COc1cccc(OC)c1-n1c(NS(=O)CCc2cnc(C)cn2)nnc1-c1cccnc1.